The number of pyridine rings is 2. The molecule has 0 unspecified atom stereocenters. The molecule has 0 aliphatic carbocycles. The number of rotatable bonds is 6. The van der Waals surface area contributed by atoms with Crippen LogP contribution in [0, 0.1) is 6.92 Å². The maximum Gasteiger partial charge on any atom is 0.446 e. The summed E-state index contributed by atoms with van der Waals surface area (Å²) in [4.78, 5) is 37.3. The third-order valence-corrected chi connectivity index (χ3v) is 6.45. The van der Waals surface area contributed by atoms with E-state index >= 15 is 0 Å². The number of urea groups is 1. The summed E-state index contributed by atoms with van der Waals surface area (Å²) in [6.07, 6.45) is 1.66. The van der Waals surface area contributed by atoms with Gasteiger partial charge in [0.25, 0.3) is 5.91 Å². The van der Waals surface area contributed by atoms with Crippen LogP contribution in [0.4, 0.5) is 35.3 Å². The van der Waals surface area contributed by atoms with Gasteiger partial charge in [0.1, 0.15) is 22.3 Å². The van der Waals surface area contributed by atoms with Crippen LogP contribution in [0.15, 0.2) is 59.6 Å². The lowest BCUT2D eigenvalue weighted by Gasteiger charge is -2.28. The minimum absolute atomic E-state index is 0.0454. The molecule has 1 aliphatic heterocycles. The van der Waals surface area contributed by atoms with E-state index in [0.29, 0.717) is 17.2 Å². The summed E-state index contributed by atoms with van der Waals surface area (Å²) >= 11 is 5.95. The Bertz CT molecular complexity index is 1320. The largest absolute Gasteiger partial charge is 0.446 e. The molecule has 3 amide bonds. The number of aryl methyl sites for hydroxylation is 1. The molecule has 2 aromatic heterocycles. The van der Waals surface area contributed by atoms with E-state index in [1.165, 1.54) is 29.2 Å². The maximum atomic E-state index is 13.3. The summed E-state index contributed by atoms with van der Waals surface area (Å²) in [5, 5.41) is 3.27. The van der Waals surface area contributed by atoms with Crippen LogP contribution in [-0.2, 0) is 11.3 Å². The number of nitrogens with one attached hydrogen (secondary N) is 1. The molecule has 0 saturated carbocycles. The van der Waals surface area contributed by atoms with Crippen LogP contribution in [0.2, 0.25) is 5.15 Å². The number of thioether (sulfide) groups is 1. The van der Waals surface area contributed by atoms with Crippen LogP contribution in [0.25, 0.3) is 0 Å². The Morgan fingerprint density at radius 2 is 1.75 bits per heavy atom. The van der Waals surface area contributed by atoms with Gasteiger partial charge < -0.3 is 10.2 Å². The molecular formula is C24H21ClF3N5O2S. The van der Waals surface area contributed by atoms with E-state index in [-0.39, 0.29) is 34.0 Å². The molecular weight excluding hydrogens is 515 g/mol. The fraction of sp³-hybridized carbons (Fsp3) is 0.250. The monoisotopic (exact) mass is 535 g/mol. The fourth-order valence-electron chi connectivity index (χ4n) is 3.75. The molecule has 12 heteroatoms. The number of imide groups is 1. The Hall–Kier alpha value is -3.31. The number of alkyl halides is 3. The van der Waals surface area contributed by atoms with Gasteiger partial charge in [-0.1, -0.05) is 11.6 Å². The molecule has 188 valence electrons. The van der Waals surface area contributed by atoms with Crippen molar-refractivity contribution in [1.82, 2.24) is 14.9 Å². The number of nitrogens with zero attached hydrogens (tertiary/aromatic N) is 4. The van der Waals surface area contributed by atoms with Gasteiger partial charge in [-0.3, -0.25) is 4.79 Å². The molecule has 0 spiro atoms. The molecule has 3 heterocycles. The molecule has 1 aliphatic rings. The minimum atomic E-state index is -4.44. The van der Waals surface area contributed by atoms with Crippen molar-refractivity contribution in [3.05, 3.63) is 71.0 Å². The highest BCUT2D eigenvalue weighted by Crippen LogP contribution is 2.39. The Kier molecular flexibility index (Phi) is 6.89. The normalized spacial score (nSPS) is 15.5. The zero-order chi connectivity index (χ0) is 26.3. The molecule has 1 N–H and O–H groups in total. The predicted molar refractivity (Wildman–Crippen MR) is 132 cm³/mol. The van der Waals surface area contributed by atoms with Gasteiger partial charge in [-0.15, -0.1) is 0 Å². The smallest absolute Gasteiger partial charge is 0.325 e. The van der Waals surface area contributed by atoms with Crippen molar-refractivity contribution in [3.8, 4) is 0 Å². The second-order valence-electron chi connectivity index (χ2n) is 8.64. The van der Waals surface area contributed by atoms with E-state index < -0.39 is 23.0 Å². The molecule has 1 fully saturated rings. The van der Waals surface area contributed by atoms with Gasteiger partial charge in [0.2, 0.25) is 0 Å². The summed E-state index contributed by atoms with van der Waals surface area (Å²) < 4.78 is 37.9. The number of aromatic nitrogens is 2. The molecule has 1 saturated heterocycles. The molecule has 0 bridgehead atoms. The zero-order valence-electron chi connectivity index (χ0n) is 19.4. The highest BCUT2D eigenvalue weighted by molar-refractivity contribution is 8.00. The standard InChI is InChI=1S/C24H21ClF3N5O2S/c1-14-8-9-29-19(10-14)31-20-12-15(11-18(25)30-20)13-32-22(35)33(21(34)23(32,2)3)16-4-6-17(7-5-16)36-24(26,27)28/h4-12H,13H2,1-3H3,(H,29,30,31). The first-order valence-electron chi connectivity index (χ1n) is 10.7. The van der Waals surface area contributed by atoms with Gasteiger partial charge in [-0.05, 0) is 92.2 Å². The van der Waals surface area contributed by atoms with Crippen LogP contribution < -0.4 is 10.2 Å². The molecule has 1 aromatic carbocycles. The first kappa shape index (κ1) is 25.8. The van der Waals surface area contributed by atoms with Gasteiger partial charge >= 0.3 is 11.5 Å². The van der Waals surface area contributed by atoms with Crippen molar-refractivity contribution in [2.24, 2.45) is 0 Å². The van der Waals surface area contributed by atoms with Crippen molar-refractivity contribution < 1.29 is 22.8 Å². The second kappa shape index (κ2) is 9.62. The van der Waals surface area contributed by atoms with E-state index in [2.05, 4.69) is 15.3 Å². The molecule has 4 rings (SSSR count). The van der Waals surface area contributed by atoms with Crippen molar-refractivity contribution in [2.45, 2.75) is 43.3 Å². The van der Waals surface area contributed by atoms with Gasteiger partial charge in [0, 0.05) is 17.6 Å². The van der Waals surface area contributed by atoms with E-state index in [4.69, 9.17) is 11.6 Å². The first-order chi connectivity index (χ1) is 16.8. The number of hydrogen-bond donors (Lipinski definition) is 1. The third-order valence-electron chi connectivity index (χ3n) is 5.52. The summed E-state index contributed by atoms with van der Waals surface area (Å²) in [5.74, 6) is 0.494. The number of halogens is 4. The van der Waals surface area contributed by atoms with Crippen LogP contribution in [0.1, 0.15) is 25.0 Å². The topological polar surface area (TPSA) is 78.4 Å². The lowest BCUT2D eigenvalue weighted by atomic mass is 10.0. The minimum Gasteiger partial charge on any atom is -0.325 e. The molecule has 3 aromatic rings. The van der Waals surface area contributed by atoms with Crippen LogP contribution in [0.3, 0.4) is 0 Å². The lowest BCUT2D eigenvalue weighted by molar-refractivity contribution is -0.123. The first-order valence-corrected chi connectivity index (χ1v) is 11.9. The van der Waals surface area contributed by atoms with Crippen molar-refractivity contribution in [2.75, 3.05) is 10.2 Å². The molecule has 0 radical (unpaired) electrons. The van der Waals surface area contributed by atoms with Gasteiger partial charge in [-0.2, -0.15) is 13.2 Å². The number of anilines is 3. The highest BCUT2D eigenvalue weighted by Gasteiger charge is 2.51. The third kappa shape index (κ3) is 5.57. The summed E-state index contributed by atoms with van der Waals surface area (Å²) in [7, 11) is 0. The van der Waals surface area contributed by atoms with Crippen molar-refractivity contribution >= 4 is 52.6 Å². The Labute approximate surface area is 214 Å². The van der Waals surface area contributed by atoms with Crippen LogP contribution >= 0.6 is 23.4 Å². The Morgan fingerprint density at radius 3 is 2.39 bits per heavy atom. The van der Waals surface area contributed by atoms with E-state index in [1.807, 2.05) is 19.1 Å². The molecule has 36 heavy (non-hydrogen) atoms. The fourth-order valence-corrected chi connectivity index (χ4v) is 4.52. The Morgan fingerprint density at radius 1 is 1.06 bits per heavy atom. The number of carbonyl (C=O) groups is 2. The number of hydrogen-bond acceptors (Lipinski definition) is 6. The van der Waals surface area contributed by atoms with E-state index in [9.17, 15) is 22.8 Å². The summed E-state index contributed by atoms with van der Waals surface area (Å²) in [5.41, 5.74) is -3.83. The van der Waals surface area contributed by atoms with Crippen molar-refractivity contribution in [1.29, 1.82) is 0 Å². The van der Waals surface area contributed by atoms with E-state index in [1.54, 1.807) is 32.2 Å². The average molecular weight is 536 g/mol. The quantitative estimate of drug-likeness (QED) is 0.219. The maximum absolute atomic E-state index is 13.3. The van der Waals surface area contributed by atoms with Gasteiger partial charge in [-0.25, -0.2) is 19.7 Å². The van der Waals surface area contributed by atoms with Crippen LogP contribution in [-0.4, -0.2) is 37.9 Å². The number of amides is 3. The van der Waals surface area contributed by atoms with Crippen molar-refractivity contribution in [3.63, 3.8) is 0 Å². The SMILES string of the molecule is Cc1ccnc(Nc2cc(CN3C(=O)N(c4ccc(SC(F)(F)F)cc4)C(=O)C3(C)C)cc(Cl)n2)c1. The van der Waals surface area contributed by atoms with Crippen LogP contribution in [0.5, 0.6) is 0 Å². The highest BCUT2D eigenvalue weighted by atomic mass is 35.5. The number of carbonyl (C=O) groups excluding carboxylic acids is 2. The van der Waals surface area contributed by atoms with E-state index in [0.717, 1.165) is 10.5 Å². The summed E-state index contributed by atoms with van der Waals surface area (Å²) in [6.45, 7) is 5.20. The lowest BCUT2D eigenvalue weighted by Crippen LogP contribution is -2.43. The average Bonchev–Trinajstić information content (AvgIpc) is 2.92. The zero-order valence-corrected chi connectivity index (χ0v) is 21.0. The summed E-state index contributed by atoms with van der Waals surface area (Å²) in [6, 6.07) is 11.5. The van der Waals surface area contributed by atoms with Gasteiger partial charge in [0.15, 0.2) is 0 Å². The molecule has 7 nitrogen and oxygen atoms in total. The predicted octanol–water partition coefficient (Wildman–Crippen LogP) is 6.54. The van der Waals surface area contributed by atoms with Gasteiger partial charge in [0.05, 0.1) is 5.69 Å². The molecule has 0 atom stereocenters. The Balaban J connectivity index is 1.57. The number of benzene rings is 1. The second-order valence-corrected chi connectivity index (χ2v) is 10.2.